The molecule has 7 aliphatic rings. The summed E-state index contributed by atoms with van der Waals surface area (Å²) in [5.41, 5.74) is 0.0634. The summed E-state index contributed by atoms with van der Waals surface area (Å²) in [5, 5.41) is 23.0. The van der Waals surface area contributed by atoms with Gasteiger partial charge in [-0.05, 0) is 62.8 Å². The number of fused-ring (bicyclic) bond motifs is 2. The average Bonchev–Trinajstić information content (AvgIpc) is 3.62. The van der Waals surface area contributed by atoms with E-state index in [1.165, 1.54) is 7.11 Å². The van der Waals surface area contributed by atoms with E-state index in [0.717, 1.165) is 12.0 Å². The molecule has 66 heavy (non-hydrogen) atoms. The lowest BCUT2D eigenvalue weighted by Crippen LogP contribution is -2.58. The first-order valence-electron chi connectivity index (χ1n) is 24.2. The normalized spacial score (nSPS) is 47.1. The minimum absolute atomic E-state index is 0.0155. The summed E-state index contributed by atoms with van der Waals surface area (Å²) in [6.45, 7) is 17.5. The number of carbonyl (C=O) groups is 1. The molecule has 1 aliphatic carbocycles. The van der Waals surface area contributed by atoms with Gasteiger partial charge in [0.05, 0.1) is 49.3 Å². The lowest BCUT2D eigenvalue weighted by molar-refractivity contribution is -0.309. The minimum atomic E-state index is -3.44. The van der Waals surface area contributed by atoms with Crippen LogP contribution in [0.2, 0.25) is 0 Å². The maximum absolute atomic E-state index is 14.4. The van der Waals surface area contributed by atoms with Crippen LogP contribution in [0, 0.1) is 23.7 Å². The molecule has 372 valence electrons. The van der Waals surface area contributed by atoms with Gasteiger partial charge in [0.1, 0.15) is 41.2 Å². The second-order valence-corrected chi connectivity index (χ2v) is 22.3. The van der Waals surface area contributed by atoms with E-state index < -0.39 is 112 Å². The molecule has 0 aromatic heterocycles. The molecule has 7 rings (SSSR count). The molecule has 1 spiro atoms. The molecule has 2 bridgehead atoms. The van der Waals surface area contributed by atoms with Crippen LogP contribution in [-0.2, 0) is 62.0 Å². The first-order valence-corrected chi connectivity index (χ1v) is 25.9. The van der Waals surface area contributed by atoms with Crippen molar-refractivity contribution < 1.29 is 70.8 Å². The van der Waals surface area contributed by atoms with Crippen LogP contribution < -0.4 is 0 Å². The molecule has 6 heterocycles. The molecular formula is C50H76O15S. The van der Waals surface area contributed by atoms with Crippen molar-refractivity contribution in [1.29, 1.82) is 0 Å². The zero-order valence-corrected chi connectivity index (χ0v) is 41.5. The Morgan fingerprint density at radius 1 is 0.894 bits per heavy atom. The number of hydrogen-bond acceptors (Lipinski definition) is 15. The Hall–Kier alpha value is -2.32. The Bertz CT molecular complexity index is 1980. The number of allylic oxidation sites excluding steroid dienone is 2. The van der Waals surface area contributed by atoms with Gasteiger partial charge in [0.25, 0.3) is 0 Å². The molecule has 0 saturated carbocycles. The number of carbonyl (C=O) groups excluding carboxylic acids is 1. The van der Waals surface area contributed by atoms with Gasteiger partial charge >= 0.3 is 5.97 Å². The van der Waals surface area contributed by atoms with Crippen LogP contribution in [0.25, 0.3) is 0 Å². The molecule has 0 amide bonds. The van der Waals surface area contributed by atoms with Crippen molar-refractivity contribution >= 4 is 15.8 Å². The number of hydrogen-bond donors (Lipinski definition) is 2. The van der Waals surface area contributed by atoms with Crippen LogP contribution >= 0.6 is 0 Å². The standard InChI is InChI=1S/C50H76O15S/c1-12-27(3)44-30(6)19-20-49(65-44)25-36-22-35(64-49)18-17-29(5)43(28(4)15-14-16-34-26-58-47-42(51)31(7)21-37(48(52)61-36)50(34,47)53)62-40-23-38(56-10)45(32(8)59-40)63-41-24-39(57-11)46(33(9)60-41)66(54,55)13-2/h14-17,19-21,27-28,30,32-33,35-47,51,53H,12-13,18,22-26H2,1-11H3/b15-14+,29-17+,34-16+/t27?,28-,30-,32-,33-,35+,36-,37-,38-,39-,40-,41-,42+,43-,44+,45-,46-,47+,49+,50+/m0/s1. The molecule has 2 N–H and O–H groups in total. The summed E-state index contributed by atoms with van der Waals surface area (Å²) in [5.74, 6) is -2.68. The molecule has 0 aromatic rings. The molecule has 0 radical (unpaired) electrons. The Balaban J connectivity index is 1.16. The third-order valence-corrected chi connectivity index (χ3v) is 17.6. The fourth-order valence-corrected chi connectivity index (χ4v) is 13.0. The maximum atomic E-state index is 14.4. The maximum Gasteiger partial charge on any atom is 0.316 e. The molecule has 16 heteroatoms. The Morgan fingerprint density at radius 3 is 2.29 bits per heavy atom. The summed E-state index contributed by atoms with van der Waals surface area (Å²) in [4.78, 5) is 14.4. The van der Waals surface area contributed by atoms with Crippen molar-refractivity contribution in [3.63, 3.8) is 0 Å². The number of ether oxygens (including phenoxy) is 10. The Kier molecular flexibility index (Phi) is 16.4. The SMILES string of the molecule is CCC(C)[C@H]1O[C@]2(C=C[C@@H]1C)C[C@@H]1C[C@@H](C/C=C(\C)[C@@H](O[C@H]3C[C@H](OC)[C@@H](O[C@H]4C[C@H](OC)[C@@H](S(=O)(=O)CC)[C@H](C)O4)[C@H](C)O3)[C@@H](C)/C=C/C=C3\CO[C@@H]4[C@H](O)C(C)=C[C@@H](C(=O)O1)[C@]34O)O2. The average molecular weight is 949 g/mol. The van der Waals surface area contributed by atoms with E-state index in [1.54, 1.807) is 40.0 Å². The number of aliphatic hydroxyl groups is 2. The van der Waals surface area contributed by atoms with Crippen molar-refractivity contribution in [1.82, 2.24) is 0 Å². The van der Waals surface area contributed by atoms with E-state index in [9.17, 15) is 23.4 Å². The van der Waals surface area contributed by atoms with Crippen molar-refractivity contribution in [3.8, 4) is 0 Å². The first-order chi connectivity index (χ1) is 31.3. The van der Waals surface area contributed by atoms with Crippen LogP contribution in [0.1, 0.15) is 101 Å². The summed E-state index contributed by atoms with van der Waals surface area (Å²) < 4.78 is 90.1. The van der Waals surface area contributed by atoms with E-state index in [1.807, 2.05) is 39.0 Å². The third kappa shape index (κ3) is 10.4. The second kappa shape index (κ2) is 21.0. The molecule has 6 aliphatic heterocycles. The number of esters is 1. The zero-order valence-electron chi connectivity index (χ0n) is 40.7. The van der Waals surface area contributed by atoms with Crippen molar-refractivity contribution in [2.24, 2.45) is 23.7 Å². The van der Waals surface area contributed by atoms with E-state index in [0.29, 0.717) is 30.4 Å². The molecule has 20 atom stereocenters. The highest BCUT2D eigenvalue weighted by atomic mass is 32.2. The lowest BCUT2D eigenvalue weighted by atomic mass is 9.71. The van der Waals surface area contributed by atoms with Gasteiger partial charge in [0.2, 0.25) is 0 Å². The van der Waals surface area contributed by atoms with Crippen LogP contribution in [0.15, 0.2) is 59.3 Å². The zero-order chi connectivity index (χ0) is 47.9. The highest BCUT2D eigenvalue weighted by Gasteiger charge is 2.60. The van der Waals surface area contributed by atoms with Gasteiger partial charge in [-0.3, -0.25) is 4.79 Å². The fraction of sp³-hybridized carbons (Fsp3) is 0.780. The van der Waals surface area contributed by atoms with Gasteiger partial charge in [-0.2, -0.15) is 0 Å². The summed E-state index contributed by atoms with van der Waals surface area (Å²) in [6, 6.07) is 0. The number of sulfone groups is 1. The van der Waals surface area contributed by atoms with Crippen LogP contribution in [0.5, 0.6) is 0 Å². The first kappa shape index (κ1) is 51.5. The van der Waals surface area contributed by atoms with Gasteiger partial charge < -0.3 is 57.6 Å². The van der Waals surface area contributed by atoms with E-state index >= 15 is 0 Å². The molecule has 1 unspecified atom stereocenters. The molecular weight excluding hydrogens is 873 g/mol. The van der Waals surface area contributed by atoms with Gasteiger partial charge in [0, 0.05) is 57.5 Å². The predicted octanol–water partition coefficient (Wildman–Crippen LogP) is 5.82. The summed E-state index contributed by atoms with van der Waals surface area (Å²) in [6.07, 6.45) is 8.08. The monoisotopic (exact) mass is 948 g/mol. The summed E-state index contributed by atoms with van der Waals surface area (Å²) in [7, 11) is -0.313. The quantitative estimate of drug-likeness (QED) is 0.197. The highest BCUT2D eigenvalue weighted by molar-refractivity contribution is 7.92. The van der Waals surface area contributed by atoms with Crippen molar-refractivity contribution in [2.45, 2.75) is 197 Å². The number of aliphatic hydroxyl groups excluding tert-OH is 1. The van der Waals surface area contributed by atoms with Crippen molar-refractivity contribution in [3.05, 3.63) is 59.3 Å². The van der Waals surface area contributed by atoms with Crippen LogP contribution in [0.3, 0.4) is 0 Å². The smallest absolute Gasteiger partial charge is 0.316 e. The van der Waals surface area contributed by atoms with Crippen LogP contribution in [0.4, 0.5) is 0 Å². The number of rotatable bonds is 10. The van der Waals surface area contributed by atoms with E-state index in [4.69, 9.17) is 47.4 Å². The molecule has 4 saturated heterocycles. The molecule has 0 aromatic carbocycles. The highest BCUT2D eigenvalue weighted by Crippen LogP contribution is 2.47. The van der Waals surface area contributed by atoms with Gasteiger partial charge in [-0.25, -0.2) is 8.42 Å². The molecule has 15 nitrogen and oxygen atoms in total. The van der Waals surface area contributed by atoms with E-state index in [-0.39, 0.29) is 49.1 Å². The Labute approximate surface area is 392 Å². The number of methoxy groups -OCH3 is 2. The van der Waals surface area contributed by atoms with Gasteiger partial charge in [0.15, 0.2) is 28.2 Å². The van der Waals surface area contributed by atoms with E-state index in [2.05, 4.69) is 32.9 Å². The fourth-order valence-electron chi connectivity index (χ4n) is 11.3. The Morgan fingerprint density at radius 2 is 1.59 bits per heavy atom. The van der Waals surface area contributed by atoms with Gasteiger partial charge in [-0.15, -0.1) is 0 Å². The predicted molar refractivity (Wildman–Crippen MR) is 245 cm³/mol. The molecule has 4 fully saturated rings. The lowest BCUT2D eigenvalue weighted by Gasteiger charge is -2.48. The topological polar surface area (TPSA) is 184 Å². The largest absolute Gasteiger partial charge is 0.462 e. The van der Waals surface area contributed by atoms with Crippen LogP contribution in [-0.4, -0.2) is 148 Å². The van der Waals surface area contributed by atoms with Crippen molar-refractivity contribution in [2.75, 3.05) is 26.6 Å². The summed E-state index contributed by atoms with van der Waals surface area (Å²) >= 11 is 0. The van der Waals surface area contributed by atoms with Gasteiger partial charge in [-0.1, -0.05) is 77.5 Å². The third-order valence-electron chi connectivity index (χ3n) is 15.3. The minimum Gasteiger partial charge on any atom is -0.462 e. The second-order valence-electron chi connectivity index (χ2n) is 19.9.